The second kappa shape index (κ2) is 5.92. The molecule has 0 spiro atoms. The molecule has 0 radical (unpaired) electrons. The summed E-state index contributed by atoms with van der Waals surface area (Å²) in [5.41, 5.74) is 0. The minimum atomic E-state index is -1.08. The van der Waals surface area contributed by atoms with Gasteiger partial charge in [-0.05, 0) is 5.92 Å². The zero-order valence-corrected chi connectivity index (χ0v) is 12.6. The van der Waals surface area contributed by atoms with Crippen LogP contribution in [0, 0.1) is 5.92 Å². The van der Waals surface area contributed by atoms with Gasteiger partial charge in [0.2, 0.25) is 11.8 Å². The second-order valence-corrected chi connectivity index (χ2v) is 6.49. The van der Waals surface area contributed by atoms with Crippen molar-refractivity contribution >= 4 is 35.6 Å². The molecular weight excluding hydrogens is 298 g/mol. The average Bonchev–Trinajstić information content (AvgIpc) is 2.81. The molecule has 0 bridgehead atoms. The molecule has 0 saturated carbocycles. The standard InChI is InChI=1S/C12H17N3O5S/c1-6(2)10-15(7(5-21-10)11(18)19)12(20)14-3-8(16)13-9(17)4-14/h6-7,10H,3-5H2,1-2H3,(H,18,19)(H,13,16,17). The van der Waals surface area contributed by atoms with E-state index in [0.717, 1.165) is 4.90 Å². The number of carboxylic acids is 1. The number of aliphatic carboxylic acids is 1. The maximum Gasteiger partial charge on any atom is 0.327 e. The number of carboxylic acid groups (broad SMARTS) is 1. The molecule has 9 heteroatoms. The lowest BCUT2D eigenvalue weighted by Gasteiger charge is -2.35. The maximum absolute atomic E-state index is 12.6. The molecule has 2 aliphatic heterocycles. The van der Waals surface area contributed by atoms with E-state index in [0.29, 0.717) is 5.75 Å². The van der Waals surface area contributed by atoms with E-state index in [9.17, 15) is 24.3 Å². The van der Waals surface area contributed by atoms with Crippen LogP contribution in [-0.2, 0) is 14.4 Å². The highest BCUT2D eigenvalue weighted by atomic mass is 32.2. The Morgan fingerprint density at radius 2 is 1.86 bits per heavy atom. The molecule has 8 nitrogen and oxygen atoms in total. The largest absolute Gasteiger partial charge is 0.480 e. The number of urea groups is 1. The van der Waals surface area contributed by atoms with E-state index >= 15 is 0 Å². The van der Waals surface area contributed by atoms with Gasteiger partial charge in [-0.25, -0.2) is 9.59 Å². The Kier molecular flexibility index (Phi) is 4.40. The molecule has 116 valence electrons. The van der Waals surface area contributed by atoms with Gasteiger partial charge >= 0.3 is 12.0 Å². The number of amides is 4. The second-order valence-electron chi connectivity index (χ2n) is 5.34. The van der Waals surface area contributed by atoms with Crippen molar-refractivity contribution in [1.82, 2.24) is 15.1 Å². The van der Waals surface area contributed by atoms with Crippen molar-refractivity contribution in [2.24, 2.45) is 5.92 Å². The molecule has 2 rings (SSSR count). The van der Waals surface area contributed by atoms with Crippen LogP contribution in [0.4, 0.5) is 4.79 Å². The fourth-order valence-corrected chi connectivity index (χ4v) is 3.87. The first-order valence-electron chi connectivity index (χ1n) is 6.55. The topological polar surface area (TPSA) is 107 Å². The number of hydrogen-bond donors (Lipinski definition) is 2. The van der Waals surface area contributed by atoms with E-state index in [1.165, 1.54) is 16.7 Å². The lowest BCUT2D eigenvalue weighted by atomic mass is 10.1. The van der Waals surface area contributed by atoms with E-state index in [1.807, 2.05) is 13.8 Å². The number of imide groups is 1. The Labute approximate surface area is 125 Å². The summed E-state index contributed by atoms with van der Waals surface area (Å²) in [4.78, 5) is 49.0. The van der Waals surface area contributed by atoms with Gasteiger partial charge in [0, 0.05) is 5.75 Å². The van der Waals surface area contributed by atoms with Crippen molar-refractivity contribution in [3.8, 4) is 0 Å². The smallest absolute Gasteiger partial charge is 0.327 e. The molecule has 2 atom stereocenters. The van der Waals surface area contributed by atoms with Crippen LogP contribution in [0.2, 0.25) is 0 Å². The van der Waals surface area contributed by atoms with Gasteiger partial charge in [0.1, 0.15) is 19.1 Å². The Hall–Kier alpha value is -1.77. The van der Waals surface area contributed by atoms with E-state index < -0.39 is 29.9 Å². The van der Waals surface area contributed by atoms with Gasteiger partial charge < -0.3 is 10.0 Å². The molecule has 2 fully saturated rings. The first-order chi connectivity index (χ1) is 9.81. The molecule has 0 aromatic heterocycles. The Morgan fingerprint density at radius 1 is 1.29 bits per heavy atom. The monoisotopic (exact) mass is 315 g/mol. The fourth-order valence-electron chi connectivity index (χ4n) is 2.41. The van der Waals surface area contributed by atoms with Crippen LogP contribution in [0.5, 0.6) is 0 Å². The van der Waals surface area contributed by atoms with E-state index in [-0.39, 0.29) is 24.4 Å². The minimum absolute atomic E-state index is 0.0672. The molecule has 0 aromatic carbocycles. The number of nitrogens with one attached hydrogen (secondary N) is 1. The van der Waals surface area contributed by atoms with Gasteiger partial charge in [0.25, 0.3) is 0 Å². The van der Waals surface area contributed by atoms with Crippen molar-refractivity contribution in [3.63, 3.8) is 0 Å². The van der Waals surface area contributed by atoms with Crippen molar-refractivity contribution < 1.29 is 24.3 Å². The van der Waals surface area contributed by atoms with Crippen LogP contribution < -0.4 is 5.32 Å². The molecule has 4 amide bonds. The molecule has 2 heterocycles. The lowest BCUT2D eigenvalue weighted by molar-refractivity contribution is -0.141. The Bertz CT molecular complexity index is 479. The van der Waals surface area contributed by atoms with Crippen LogP contribution in [0.1, 0.15) is 13.8 Å². The van der Waals surface area contributed by atoms with Crippen LogP contribution >= 0.6 is 11.8 Å². The van der Waals surface area contributed by atoms with Crippen LogP contribution in [0.3, 0.4) is 0 Å². The Balaban J connectivity index is 2.22. The molecular formula is C12H17N3O5S. The SMILES string of the molecule is CC(C)C1SCC(C(=O)O)N1C(=O)N1CC(=O)NC(=O)C1. The predicted molar refractivity (Wildman–Crippen MR) is 74.5 cm³/mol. The van der Waals surface area contributed by atoms with E-state index in [4.69, 9.17) is 0 Å². The molecule has 0 aliphatic carbocycles. The summed E-state index contributed by atoms with van der Waals surface area (Å²) in [7, 11) is 0. The molecule has 2 unspecified atom stereocenters. The van der Waals surface area contributed by atoms with Gasteiger partial charge in [-0.15, -0.1) is 11.8 Å². The number of carbonyl (C=O) groups is 4. The first kappa shape index (κ1) is 15.6. The fraction of sp³-hybridized carbons (Fsp3) is 0.667. The summed E-state index contributed by atoms with van der Waals surface area (Å²) in [6.07, 6.45) is 0. The average molecular weight is 315 g/mol. The first-order valence-corrected chi connectivity index (χ1v) is 7.60. The van der Waals surface area contributed by atoms with Gasteiger partial charge in [-0.2, -0.15) is 0 Å². The zero-order chi connectivity index (χ0) is 15.7. The van der Waals surface area contributed by atoms with Gasteiger partial charge in [-0.3, -0.25) is 19.8 Å². The summed E-state index contributed by atoms with van der Waals surface area (Å²) < 4.78 is 0. The third kappa shape index (κ3) is 3.12. The normalized spacial score (nSPS) is 26.2. The predicted octanol–water partition coefficient (Wildman–Crippen LogP) is -0.451. The van der Waals surface area contributed by atoms with E-state index in [2.05, 4.69) is 5.32 Å². The number of thioether (sulfide) groups is 1. The molecule has 2 saturated heterocycles. The highest BCUT2D eigenvalue weighted by Crippen LogP contribution is 2.34. The minimum Gasteiger partial charge on any atom is -0.480 e. The van der Waals surface area contributed by atoms with Crippen molar-refractivity contribution in [2.45, 2.75) is 25.3 Å². The quantitative estimate of drug-likeness (QED) is 0.668. The van der Waals surface area contributed by atoms with E-state index in [1.54, 1.807) is 0 Å². The van der Waals surface area contributed by atoms with Crippen LogP contribution in [0.15, 0.2) is 0 Å². The summed E-state index contributed by atoms with van der Waals surface area (Å²) in [5, 5.41) is 11.1. The molecule has 2 aliphatic rings. The highest BCUT2D eigenvalue weighted by molar-refractivity contribution is 8.00. The van der Waals surface area contributed by atoms with Gasteiger partial charge in [0.05, 0.1) is 5.37 Å². The van der Waals surface area contributed by atoms with Crippen LogP contribution in [-0.4, -0.2) is 69.0 Å². The van der Waals surface area contributed by atoms with Crippen molar-refractivity contribution in [1.29, 1.82) is 0 Å². The highest BCUT2D eigenvalue weighted by Gasteiger charge is 2.45. The summed E-state index contributed by atoms with van der Waals surface area (Å²) in [6.45, 7) is 3.33. The third-order valence-electron chi connectivity index (χ3n) is 3.33. The molecule has 21 heavy (non-hydrogen) atoms. The number of hydrogen-bond acceptors (Lipinski definition) is 5. The summed E-state index contributed by atoms with van der Waals surface area (Å²) >= 11 is 1.40. The molecule has 0 aromatic rings. The third-order valence-corrected chi connectivity index (χ3v) is 4.95. The van der Waals surface area contributed by atoms with Crippen LogP contribution in [0.25, 0.3) is 0 Å². The van der Waals surface area contributed by atoms with Crippen molar-refractivity contribution in [2.75, 3.05) is 18.8 Å². The number of nitrogens with zero attached hydrogens (tertiary/aromatic N) is 2. The molecule has 2 N–H and O–H groups in total. The van der Waals surface area contributed by atoms with Crippen molar-refractivity contribution in [3.05, 3.63) is 0 Å². The van der Waals surface area contributed by atoms with Gasteiger partial charge in [0.15, 0.2) is 0 Å². The summed E-state index contributed by atoms with van der Waals surface area (Å²) in [5.74, 6) is -1.82. The number of piperazine rings is 1. The van der Waals surface area contributed by atoms with Gasteiger partial charge in [-0.1, -0.05) is 13.8 Å². The Morgan fingerprint density at radius 3 is 2.33 bits per heavy atom. The number of carbonyl (C=O) groups excluding carboxylic acids is 3. The zero-order valence-electron chi connectivity index (χ0n) is 11.7. The summed E-state index contributed by atoms with van der Waals surface area (Å²) in [6, 6.07) is -1.51. The lowest BCUT2D eigenvalue weighted by Crippen LogP contribution is -2.59. The number of rotatable bonds is 2. The maximum atomic E-state index is 12.6.